The molecule has 2 aliphatic heterocycles. The standard InChI is InChI=1S/C32H39NO10S/c1-19-7-6-10-22(34)9-5-3-4-8-21-15-26(35)30(31(38)29(21)32(39)43-19)24(20-11-13-23(42-2)14-12-20)16-28(37)33-25-17-44(40,41)18-27(25)36/h4,8,11-15,19,24-25,27,35-36,38H,3,5-7,9-10,16-18H2,1-2H3,(H,33,37)/b8-4+/t19-,24?,25-,27+/m0/s1. The normalized spacial score (nSPS) is 23.9. The van der Waals surface area contributed by atoms with Crippen LogP contribution in [0.25, 0.3) is 6.08 Å². The van der Waals surface area contributed by atoms with E-state index in [1.807, 2.05) is 0 Å². The maximum atomic E-state index is 13.5. The van der Waals surface area contributed by atoms with Crippen LogP contribution in [0.2, 0.25) is 0 Å². The van der Waals surface area contributed by atoms with E-state index in [1.54, 1.807) is 43.3 Å². The number of aromatic hydroxyl groups is 2. The predicted octanol–water partition coefficient (Wildman–Crippen LogP) is 3.38. The summed E-state index contributed by atoms with van der Waals surface area (Å²) in [6.07, 6.45) is 4.13. The lowest BCUT2D eigenvalue weighted by Crippen LogP contribution is -2.43. The number of benzene rings is 2. The topological polar surface area (TPSA) is 177 Å². The number of aliphatic hydroxyl groups is 1. The number of carbonyl (C=O) groups is 3. The molecule has 2 heterocycles. The number of esters is 1. The Morgan fingerprint density at radius 2 is 1.82 bits per heavy atom. The maximum absolute atomic E-state index is 13.5. The Morgan fingerprint density at radius 3 is 2.48 bits per heavy atom. The quantitative estimate of drug-likeness (QED) is 0.347. The van der Waals surface area contributed by atoms with Crippen molar-refractivity contribution in [3.05, 3.63) is 58.7 Å². The van der Waals surface area contributed by atoms with Crippen molar-refractivity contribution in [1.29, 1.82) is 0 Å². The number of carbonyl (C=O) groups excluding carboxylic acids is 3. The average molecular weight is 630 g/mol. The van der Waals surface area contributed by atoms with Crippen molar-refractivity contribution in [2.24, 2.45) is 0 Å². The first-order valence-corrected chi connectivity index (χ1v) is 16.5. The summed E-state index contributed by atoms with van der Waals surface area (Å²) < 4.78 is 34.8. The molecule has 11 nitrogen and oxygen atoms in total. The molecule has 0 radical (unpaired) electrons. The molecule has 2 aromatic carbocycles. The van der Waals surface area contributed by atoms with E-state index in [0.717, 1.165) is 0 Å². The Morgan fingerprint density at radius 1 is 1.11 bits per heavy atom. The number of Topliss-reactive ketones (excluding diaryl/α,β-unsaturated/α-hetero) is 1. The minimum atomic E-state index is -3.52. The highest BCUT2D eigenvalue weighted by Crippen LogP contribution is 2.44. The van der Waals surface area contributed by atoms with Gasteiger partial charge in [0.2, 0.25) is 5.91 Å². The lowest BCUT2D eigenvalue weighted by atomic mass is 9.84. The minimum absolute atomic E-state index is 0.0895. The highest BCUT2D eigenvalue weighted by Gasteiger charge is 2.38. The molecule has 4 atom stereocenters. The number of cyclic esters (lactones) is 1. The molecule has 4 rings (SSSR count). The van der Waals surface area contributed by atoms with Crippen LogP contribution in [0.15, 0.2) is 36.4 Å². The number of phenols is 2. The molecule has 0 aliphatic carbocycles. The van der Waals surface area contributed by atoms with Gasteiger partial charge in [0.25, 0.3) is 0 Å². The van der Waals surface area contributed by atoms with Gasteiger partial charge in [-0.25, -0.2) is 13.2 Å². The van der Waals surface area contributed by atoms with E-state index < -0.39 is 63.1 Å². The number of fused-ring (bicyclic) bond motifs is 1. The van der Waals surface area contributed by atoms with Crippen molar-refractivity contribution in [3.63, 3.8) is 0 Å². The third kappa shape index (κ3) is 8.17. The monoisotopic (exact) mass is 629 g/mol. The zero-order chi connectivity index (χ0) is 32.0. The van der Waals surface area contributed by atoms with Crippen LogP contribution >= 0.6 is 0 Å². The second kappa shape index (κ2) is 14.3. The van der Waals surface area contributed by atoms with Gasteiger partial charge >= 0.3 is 5.97 Å². The molecule has 1 fully saturated rings. The van der Waals surface area contributed by atoms with Gasteiger partial charge in [0.05, 0.1) is 36.9 Å². The second-order valence-corrected chi connectivity index (χ2v) is 13.6. The lowest BCUT2D eigenvalue weighted by Gasteiger charge is -2.24. The average Bonchev–Trinajstić information content (AvgIpc) is 3.21. The van der Waals surface area contributed by atoms with Crippen LogP contribution < -0.4 is 10.1 Å². The van der Waals surface area contributed by atoms with Crippen molar-refractivity contribution in [3.8, 4) is 17.2 Å². The van der Waals surface area contributed by atoms with Gasteiger partial charge in [-0.05, 0) is 61.9 Å². The molecular formula is C32H39NO10S. The number of ketones is 1. The third-order valence-electron chi connectivity index (χ3n) is 7.98. The molecule has 1 saturated heterocycles. The Balaban J connectivity index is 1.76. The summed E-state index contributed by atoms with van der Waals surface area (Å²) >= 11 is 0. The summed E-state index contributed by atoms with van der Waals surface area (Å²) in [6.45, 7) is 1.70. The molecule has 0 bridgehead atoms. The van der Waals surface area contributed by atoms with Crippen molar-refractivity contribution < 1.29 is 47.6 Å². The molecule has 0 aromatic heterocycles. The predicted molar refractivity (Wildman–Crippen MR) is 162 cm³/mol. The molecule has 238 valence electrons. The summed E-state index contributed by atoms with van der Waals surface area (Å²) in [6, 6.07) is 6.91. The first-order valence-electron chi connectivity index (χ1n) is 14.7. The van der Waals surface area contributed by atoms with Crippen LogP contribution in [-0.2, 0) is 24.2 Å². The van der Waals surface area contributed by atoms with Crippen LogP contribution in [0, 0.1) is 0 Å². The molecule has 4 N–H and O–H groups in total. The Hall–Kier alpha value is -3.90. The van der Waals surface area contributed by atoms with Crippen LogP contribution in [-0.4, -0.2) is 78.3 Å². The fraction of sp³-hybridized carbons (Fsp3) is 0.469. The van der Waals surface area contributed by atoms with Gasteiger partial charge in [-0.15, -0.1) is 0 Å². The number of allylic oxidation sites excluding steroid dienone is 1. The highest BCUT2D eigenvalue weighted by molar-refractivity contribution is 7.91. The fourth-order valence-electron chi connectivity index (χ4n) is 5.66. The first-order chi connectivity index (χ1) is 20.9. The molecule has 1 amide bonds. The zero-order valence-corrected chi connectivity index (χ0v) is 25.6. The summed E-state index contributed by atoms with van der Waals surface area (Å²) in [5, 5.41) is 35.7. The largest absolute Gasteiger partial charge is 0.507 e. The minimum Gasteiger partial charge on any atom is -0.507 e. The Labute approximate surface area is 256 Å². The molecule has 2 aliphatic rings. The fourth-order valence-corrected chi connectivity index (χ4v) is 7.40. The van der Waals surface area contributed by atoms with Gasteiger partial charge in [0, 0.05) is 30.7 Å². The van der Waals surface area contributed by atoms with E-state index in [4.69, 9.17) is 9.47 Å². The number of rotatable bonds is 6. The number of phenolic OH excluding ortho intramolecular Hbond substituents is 2. The number of hydrogen-bond donors (Lipinski definition) is 4. The molecule has 44 heavy (non-hydrogen) atoms. The number of sulfone groups is 1. The van der Waals surface area contributed by atoms with Crippen LogP contribution in [0.3, 0.4) is 0 Å². The van der Waals surface area contributed by atoms with Gasteiger partial charge in [-0.2, -0.15) is 0 Å². The number of ether oxygens (including phenoxy) is 2. The van der Waals surface area contributed by atoms with E-state index in [0.29, 0.717) is 49.8 Å². The van der Waals surface area contributed by atoms with Crippen LogP contribution in [0.4, 0.5) is 0 Å². The number of amides is 1. The van der Waals surface area contributed by atoms with Gasteiger partial charge in [0.15, 0.2) is 9.84 Å². The molecule has 0 saturated carbocycles. The van der Waals surface area contributed by atoms with Crippen molar-refractivity contribution in [2.75, 3.05) is 18.6 Å². The Bertz CT molecular complexity index is 1520. The number of methoxy groups -OCH3 is 1. The molecular weight excluding hydrogens is 590 g/mol. The summed E-state index contributed by atoms with van der Waals surface area (Å²) in [5.74, 6) is -3.57. The molecule has 1 unspecified atom stereocenters. The van der Waals surface area contributed by atoms with Gasteiger partial charge in [-0.1, -0.05) is 24.3 Å². The van der Waals surface area contributed by atoms with E-state index in [2.05, 4.69) is 5.32 Å². The SMILES string of the molecule is COc1ccc(C(CC(=O)N[C@H]2CS(=O)(=O)C[C@H]2O)c2c(O)cc3c(c2O)C(=O)O[C@@H](C)CCCC(=O)CCC/C=C/3)cc1. The van der Waals surface area contributed by atoms with E-state index in [1.165, 1.54) is 13.2 Å². The summed E-state index contributed by atoms with van der Waals surface area (Å²) in [7, 11) is -2.03. The molecule has 12 heteroatoms. The smallest absolute Gasteiger partial charge is 0.342 e. The van der Waals surface area contributed by atoms with Crippen LogP contribution in [0.5, 0.6) is 17.2 Å². The first kappa shape index (κ1) is 33.0. The summed E-state index contributed by atoms with van der Waals surface area (Å²) in [4.78, 5) is 38.9. The maximum Gasteiger partial charge on any atom is 0.342 e. The van der Waals surface area contributed by atoms with Crippen molar-refractivity contribution in [2.45, 2.75) is 76.0 Å². The van der Waals surface area contributed by atoms with E-state index in [-0.39, 0.29) is 34.6 Å². The van der Waals surface area contributed by atoms with Crippen molar-refractivity contribution in [1.82, 2.24) is 5.32 Å². The van der Waals surface area contributed by atoms with Gasteiger partial charge in [-0.3, -0.25) is 9.59 Å². The second-order valence-electron chi connectivity index (χ2n) is 11.4. The highest BCUT2D eigenvalue weighted by atomic mass is 32.2. The van der Waals surface area contributed by atoms with Gasteiger partial charge < -0.3 is 30.1 Å². The number of nitrogens with one attached hydrogen (secondary N) is 1. The third-order valence-corrected chi connectivity index (χ3v) is 9.69. The molecule has 2 aromatic rings. The lowest BCUT2D eigenvalue weighted by molar-refractivity contribution is -0.122. The summed E-state index contributed by atoms with van der Waals surface area (Å²) in [5.41, 5.74) is 0.439. The van der Waals surface area contributed by atoms with E-state index in [9.17, 15) is 38.1 Å². The van der Waals surface area contributed by atoms with Crippen molar-refractivity contribution >= 4 is 33.6 Å². The number of hydrogen-bond acceptors (Lipinski definition) is 10. The van der Waals surface area contributed by atoms with E-state index >= 15 is 0 Å². The zero-order valence-electron chi connectivity index (χ0n) is 24.8. The Kier molecular flexibility index (Phi) is 10.7. The number of aliphatic hydroxyl groups excluding tert-OH is 1. The molecule has 0 spiro atoms. The van der Waals surface area contributed by atoms with Crippen LogP contribution in [0.1, 0.15) is 84.8 Å². The van der Waals surface area contributed by atoms with Gasteiger partial charge in [0.1, 0.15) is 28.6 Å².